The van der Waals surface area contributed by atoms with Gasteiger partial charge in [-0.3, -0.25) is 14.4 Å². The predicted molar refractivity (Wildman–Crippen MR) is 209 cm³/mol. The topological polar surface area (TPSA) is 224 Å². The van der Waals surface area contributed by atoms with Crippen LogP contribution in [0.15, 0.2) is 76.2 Å². The minimum atomic E-state index is -0.668. The maximum atomic E-state index is 12.3. The van der Waals surface area contributed by atoms with E-state index in [-0.39, 0.29) is 67.8 Å². The summed E-state index contributed by atoms with van der Waals surface area (Å²) in [4.78, 5) is 52.3. The van der Waals surface area contributed by atoms with Crippen LogP contribution in [-0.4, -0.2) is 70.6 Å². The molecule has 2 aliphatic rings. The number of rotatable bonds is 21. The van der Waals surface area contributed by atoms with Gasteiger partial charge in [-0.2, -0.15) is 0 Å². The lowest BCUT2D eigenvalue weighted by Crippen LogP contribution is -2.41. The first-order valence-corrected chi connectivity index (χ1v) is 18.0. The van der Waals surface area contributed by atoms with Crippen LogP contribution in [0.2, 0.25) is 0 Å². The van der Waals surface area contributed by atoms with E-state index in [0.717, 1.165) is 12.0 Å². The van der Waals surface area contributed by atoms with E-state index < -0.39 is 12.3 Å². The van der Waals surface area contributed by atoms with Crippen molar-refractivity contribution in [3.05, 3.63) is 82.8 Å². The Balaban J connectivity index is 1.17. The number of thiocarbonyl (C=S) groups is 1. The Hall–Kier alpha value is -5.55. The molecule has 1 aliphatic carbocycles. The Labute approximate surface area is 317 Å². The summed E-state index contributed by atoms with van der Waals surface area (Å²) < 4.78 is 5.93. The van der Waals surface area contributed by atoms with Crippen LogP contribution in [0.3, 0.4) is 0 Å². The lowest BCUT2D eigenvalue weighted by Gasteiger charge is -2.21. The minimum Gasteiger partial charge on any atom is -0.508 e. The second-order valence-electron chi connectivity index (χ2n) is 12.5. The molecule has 0 saturated carbocycles. The number of anilines is 1. The van der Waals surface area contributed by atoms with E-state index in [4.69, 9.17) is 21.9 Å². The number of hydrogen-bond donors (Lipinski definition) is 9. The zero-order valence-corrected chi connectivity index (χ0v) is 30.7. The number of aldehydes is 1. The first kappa shape index (κ1) is 41.2. The summed E-state index contributed by atoms with van der Waals surface area (Å²) >= 11 is 5.44. The van der Waals surface area contributed by atoms with Gasteiger partial charge in [0.05, 0.1) is 18.5 Å². The van der Waals surface area contributed by atoms with Crippen LogP contribution in [0.25, 0.3) is 33.4 Å². The number of benzene rings is 3. The summed E-state index contributed by atoms with van der Waals surface area (Å²) in [5.74, 6) is 0.193. The molecule has 0 radical (unpaired) electrons. The van der Waals surface area contributed by atoms with Crippen molar-refractivity contribution in [2.24, 2.45) is 0 Å². The van der Waals surface area contributed by atoms with Crippen LogP contribution < -0.4 is 37.3 Å². The molecule has 4 rings (SSSR count). The molecule has 2 unspecified atom stereocenters. The summed E-state index contributed by atoms with van der Waals surface area (Å²) in [6.07, 6.45) is 2.31. The molecule has 0 saturated heterocycles. The van der Waals surface area contributed by atoms with Gasteiger partial charge in [-0.15, -0.1) is 0 Å². The van der Waals surface area contributed by atoms with Gasteiger partial charge in [-0.25, -0.2) is 10.1 Å². The molecule has 2 atom stereocenters. The maximum absolute atomic E-state index is 12.3. The summed E-state index contributed by atoms with van der Waals surface area (Å²) in [7, 11) is 0. The minimum absolute atomic E-state index is 0.0154. The third kappa shape index (κ3) is 12.0. The number of phenols is 1. The van der Waals surface area contributed by atoms with Gasteiger partial charge in [0.1, 0.15) is 23.4 Å². The smallest absolute Gasteiger partial charge is 0.220 e. The summed E-state index contributed by atoms with van der Waals surface area (Å²) in [6.45, 7) is 6.27. The molecule has 2 aromatic carbocycles. The number of aliphatic hydroxyl groups is 1. The molecule has 54 heavy (non-hydrogen) atoms. The van der Waals surface area contributed by atoms with Gasteiger partial charge in [0.2, 0.25) is 11.8 Å². The fourth-order valence-electron chi connectivity index (χ4n) is 5.74. The molecule has 0 aromatic heterocycles. The monoisotopic (exact) mass is 762 g/mol. The van der Waals surface area contributed by atoms with E-state index in [1.54, 1.807) is 24.3 Å². The van der Waals surface area contributed by atoms with Crippen molar-refractivity contribution in [3.8, 4) is 28.2 Å². The van der Waals surface area contributed by atoms with Gasteiger partial charge < -0.3 is 51.3 Å². The van der Waals surface area contributed by atoms with Crippen LogP contribution in [0.5, 0.6) is 5.75 Å². The third-order valence-electron chi connectivity index (χ3n) is 8.33. The van der Waals surface area contributed by atoms with Crippen molar-refractivity contribution in [1.82, 2.24) is 26.6 Å². The van der Waals surface area contributed by atoms with Gasteiger partial charge in [0.25, 0.3) is 0 Å². The highest BCUT2D eigenvalue weighted by molar-refractivity contribution is 7.80. The van der Waals surface area contributed by atoms with Gasteiger partial charge in [-0.1, -0.05) is 26.0 Å². The van der Waals surface area contributed by atoms with Gasteiger partial charge in [0.15, 0.2) is 16.8 Å². The number of carbonyl (C=O) groups is 3. The standard InChI is InChI=1S/C38H46N6O9S/c1-3-5-36(53-51)43-23(2)42-26(22-46)8-14-35(50)40-17-16-39-34(49)6-4-15-41-38(54)44-25-7-11-29(24(18-25)21-45)37-30-12-9-27(47)19-32(30)52-33-20-28(48)10-13-31(33)37/h7,9-13,18-20,22,26,36,42-43,45,47,51H,2-6,8,14-17,21H2,1H3,(H,39,49)(H,40,50)(H2,41,44,54). The van der Waals surface area contributed by atoms with Crippen molar-refractivity contribution >= 4 is 52.1 Å². The Bertz CT molecular complexity index is 1970. The molecule has 1 aliphatic heterocycles. The van der Waals surface area contributed by atoms with E-state index in [2.05, 4.69) is 43.4 Å². The molecule has 2 amide bonds. The highest BCUT2D eigenvalue weighted by atomic mass is 32.1. The number of nitrogens with one attached hydrogen (secondary N) is 6. The zero-order chi connectivity index (χ0) is 39.0. The number of hydrogen-bond acceptors (Lipinski definition) is 12. The van der Waals surface area contributed by atoms with Crippen molar-refractivity contribution < 1.29 is 39.2 Å². The maximum Gasteiger partial charge on any atom is 0.220 e. The van der Waals surface area contributed by atoms with Crippen LogP contribution in [0, 0.1) is 0 Å². The number of carbonyl (C=O) groups excluding carboxylic acids is 3. The summed E-state index contributed by atoms with van der Waals surface area (Å²) in [5.41, 5.74) is 3.53. The molecular weight excluding hydrogens is 717 g/mol. The highest BCUT2D eigenvalue weighted by Crippen LogP contribution is 2.42. The van der Waals surface area contributed by atoms with Crippen LogP contribution in [0.1, 0.15) is 51.0 Å². The van der Waals surface area contributed by atoms with Crippen LogP contribution in [-0.2, 0) is 25.9 Å². The first-order chi connectivity index (χ1) is 26.0. The van der Waals surface area contributed by atoms with Crippen molar-refractivity contribution in [1.29, 1.82) is 0 Å². The molecule has 0 fully saturated rings. The molecule has 16 heteroatoms. The average Bonchev–Trinajstić information content (AvgIpc) is 3.15. The summed E-state index contributed by atoms with van der Waals surface area (Å²) in [6, 6.07) is 14.0. The number of aromatic hydroxyl groups is 1. The van der Waals surface area contributed by atoms with Gasteiger partial charge in [-0.05, 0) is 79.0 Å². The number of fused-ring (bicyclic) bond motifs is 2. The molecule has 288 valence electrons. The molecule has 15 nitrogen and oxygen atoms in total. The molecule has 0 spiro atoms. The van der Waals surface area contributed by atoms with E-state index in [0.29, 0.717) is 69.9 Å². The predicted octanol–water partition coefficient (Wildman–Crippen LogP) is 3.68. The van der Waals surface area contributed by atoms with Crippen LogP contribution in [0.4, 0.5) is 5.69 Å². The second-order valence-corrected chi connectivity index (χ2v) is 12.9. The third-order valence-corrected chi connectivity index (χ3v) is 8.58. The van der Waals surface area contributed by atoms with Gasteiger partial charge >= 0.3 is 0 Å². The fraction of sp³-hybridized carbons (Fsp3) is 0.342. The first-order valence-electron chi connectivity index (χ1n) is 17.5. The molecule has 1 heterocycles. The van der Waals surface area contributed by atoms with E-state index >= 15 is 0 Å². The quantitative estimate of drug-likeness (QED) is 0.0112. The zero-order valence-electron chi connectivity index (χ0n) is 29.9. The number of amides is 2. The largest absolute Gasteiger partial charge is 0.508 e. The van der Waals surface area contributed by atoms with Crippen molar-refractivity contribution in [3.63, 3.8) is 0 Å². The van der Waals surface area contributed by atoms with E-state index in [1.807, 2.05) is 19.1 Å². The van der Waals surface area contributed by atoms with Crippen LogP contribution >= 0.6 is 12.2 Å². The van der Waals surface area contributed by atoms with Crippen molar-refractivity contribution in [2.75, 3.05) is 25.0 Å². The normalized spacial score (nSPS) is 12.1. The SMILES string of the molecule is C=C(NC(C=O)CCC(=O)NCCNC(=O)CCCNC(=S)Nc1ccc(-c2c3ccc(=O)cc-3oc3cc(O)ccc23)c(CO)c1)NC(CCC)OO. The number of aliphatic hydroxyl groups excluding tert-OH is 1. The Morgan fingerprint density at radius 3 is 2.39 bits per heavy atom. The van der Waals surface area contributed by atoms with E-state index in [9.17, 15) is 29.4 Å². The lowest BCUT2D eigenvalue weighted by atomic mass is 9.90. The second kappa shape index (κ2) is 20.6. The fourth-order valence-corrected chi connectivity index (χ4v) is 5.96. The molecule has 0 bridgehead atoms. The summed E-state index contributed by atoms with van der Waals surface area (Å²) in [5, 5.41) is 47.6. The Kier molecular flexibility index (Phi) is 15.7. The number of phenolic OH excluding ortho intramolecular Hbond substituents is 1. The van der Waals surface area contributed by atoms with E-state index in [1.165, 1.54) is 18.2 Å². The lowest BCUT2D eigenvalue weighted by molar-refractivity contribution is -0.285. The molecular formula is C38H46N6O9S. The highest BCUT2D eigenvalue weighted by Gasteiger charge is 2.20. The average molecular weight is 763 g/mol. The Morgan fingerprint density at radius 1 is 0.944 bits per heavy atom. The van der Waals surface area contributed by atoms with Crippen molar-refractivity contribution in [2.45, 2.75) is 64.3 Å². The van der Waals surface area contributed by atoms with Gasteiger partial charge in [0, 0.05) is 66.8 Å². The molecule has 9 N–H and O–H groups in total. The Morgan fingerprint density at radius 2 is 1.69 bits per heavy atom. The molecule has 2 aromatic rings.